The summed E-state index contributed by atoms with van der Waals surface area (Å²) in [6.07, 6.45) is 2.37. The molecule has 4 heteroatoms. The lowest BCUT2D eigenvalue weighted by Gasteiger charge is -2.30. The van der Waals surface area contributed by atoms with Crippen molar-refractivity contribution < 1.29 is 8.42 Å². The molecule has 0 aromatic carbocycles. The fourth-order valence-electron chi connectivity index (χ4n) is 2.78. The molecule has 0 saturated carbocycles. The Morgan fingerprint density at radius 1 is 1.25 bits per heavy atom. The van der Waals surface area contributed by atoms with Crippen LogP contribution in [-0.4, -0.2) is 44.0 Å². The van der Waals surface area contributed by atoms with Crippen molar-refractivity contribution in [1.82, 2.24) is 4.90 Å². The number of sulfone groups is 1. The molecule has 1 saturated heterocycles. The first kappa shape index (κ1) is 14.0. The quantitative estimate of drug-likeness (QED) is 0.760. The summed E-state index contributed by atoms with van der Waals surface area (Å²) in [6, 6.07) is 1.06. The van der Waals surface area contributed by atoms with Gasteiger partial charge in [-0.15, -0.1) is 0 Å². The standard InChI is InChI=1S/C12H25NO2S/c1-9(2)12-6-11(8-16(5,14)15)7-13(12)10(3)4/h9-12H,6-8H2,1-5H3. The van der Waals surface area contributed by atoms with Crippen LogP contribution in [0, 0.1) is 11.8 Å². The van der Waals surface area contributed by atoms with Crippen molar-refractivity contribution in [2.75, 3.05) is 18.6 Å². The maximum Gasteiger partial charge on any atom is 0.147 e. The average molecular weight is 247 g/mol. The van der Waals surface area contributed by atoms with Gasteiger partial charge >= 0.3 is 0 Å². The number of rotatable bonds is 4. The van der Waals surface area contributed by atoms with Crippen LogP contribution in [0.3, 0.4) is 0 Å². The van der Waals surface area contributed by atoms with Gasteiger partial charge in [0.05, 0.1) is 5.75 Å². The van der Waals surface area contributed by atoms with E-state index in [2.05, 4.69) is 32.6 Å². The summed E-state index contributed by atoms with van der Waals surface area (Å²) in [6.45, 7) is 9.77. The molecular weight excluding hydrogens is 222 g/mol. The summed E-state index contributed by atoms with van der Waals surface area (Å²) in [4.78, 5) is 2.46. The Balaban J connectivity index is 2.69. The molecule has 0 aromatic heterocycles. The van der Waals surface area contributed by atoms with Gasteiger partial charge in [-0.05, 0) is 32.1 Å². The van der Waals surface area contributed by atoms with Crippen molar-refractivity contribution >= 4 is 9.84 Å². The fourth-order valence-corrected chi connectivity index (χ4v) is 3.88. The highest BCUT2D eigenvalue weighted by atomic mass is 32.2. The van der Waals surface area contributed by atoms with Crippen LogP contribution in [-0.2, 0) is 9.84 Å². The highest BCUT2D eigenvalue weighted by Gasteiger charge is 2.36. The van der Waals surface area contributed by atoms with Crippen molar-refractivity contribution in [3.8, 4) is 0 Å². The summed E-state index contributed by atoms with van der Waals surface area (Å²) in [5.41, 5.74) is 0. The van der Waals surface area contributed by atoms with Crippen LogP contribution in [0.5, 0.6) is 0 Å². The number of likely N-dealkylation sites (tertiary alicyclic amines) is 1. The Bertz CT molecular complexity index is 306. The first-order valence-corrected chi connectivity index (χ1v) is 8.20. The van der Waals surface area contributed by atoms with Gasteiger partial charge in [0.15, 0.2) is 0 Å². The normalized spacial score (nSPS) is 28.2. The Labute approximate surface area is 100 Å². The van der Waals surface area contributed by atoms with Gasteiger partial charge in [0.1, 0.15) is 9.84 Å². The lowest BCUT2D eigenvalue weighted by molar-refractivity contribution is 0.164. The highest BCUT2D eigenvalue weighted by molar-refractivity contribution is 7.90. The molecule has 1 aliphatic rings. The molecule has 1 fully saturated rings. The third kappa shape index (κ3) is 3.74. The van der Waals surface area contributed by atoms with Crippen LogP contribution in [0.15, 0.2) is 0 Å². The van der Waals surface area contributed by atoms with E-state index in [1.807, 2.05) is 0 Å². The zero-order valence-electron chi connectivity index (χ0n) is 11.1. The van der Waals surface area contributed by atoms with Gasteiger partial charge in [0.2, 0.25) is 0 Å². The van der Waals surface area contributed by atoms with E-state index in [-0.39, 0.29) is 0 Å². The number of nitrogens with zero attached hydrogens (tertiary/aromatic N) is 1. The second kappa shape index (κ2) is 5.05. The van der Waals surface area contributed by atoms with E-state index in [0.29, 0.717) is 29.7 Å². The molecule has 96 valence electrons. The summed E-state index contributed by atoms with van der Waals surface area (Å²) in [5.74, 6) is 1.27. The van der Waals surface area contributed by atoms with Crippen LogP contribution in [0.1, 0.15) is 34.1 Å². The highest BCUT2D eigenvalue weighted by Crippen LogP contribution is 2.30. The number of hydrogen-bond acceptors (Lipinski definition) is 3. The van der Waals surface area contributed by atoms with Crippen molar-refractivity contribution in [2.24, 2.45) is 11.8 Å². The second-order valence-corrected chi connectivity index (χ2v) is 7.98. The fraction of sp³-hybridized carbons (Fsp3) is 1.00. The molecule has 1 rings (SSSR count). The molecule has 0 aliphatic carbocycles. The van der Waals surface area contributed by atoms with Gasteiger partial charge in [-0.1, -0.05) is 13.8 Å². The van der Waals surface area contributed by atoms with E-state index >= 15 is 0 Å². The van der Waals surface area contributed by atoms with E-state index in [1.54, 1.807) is 0 Å². The Morgan fingerprint density at radius 3 is 2.12 bits per heavy atom. The van der Waals surface area contributed by atoms with Crippen molar-refractivity contribution in [3.63, 3.8) is 0 Å². The molecule has 0 radical (unpaired) electrons. The Morgan fingerprint density at radius 2 is 1.81 bits per heavy atom. The topological polar surface area (TPSA) is 37.4 Å². The van der Waals surface area contributed by atoms with Crippen LogP contribution < -0.4 is 0 Å². The van der Waals surface area contributed by atoms with Crippen LogP contribution >= 0.6 is 0 Å². The van der Waals surface area contributed by atoms with Gasteiger partial charge in [-0.25, -0.2) is 8.42 Å². The Kier molecular flexibility index (Phi) is 4.41. The summed E-state index contributed by atoms with van der Waals surface area (Å²) in [5, 5.41) is 0. The molecule has 16 heavy (non-hydrogen) atoms. The van der Waals surface area contributed by atoms with E-state index in [1.165, 1.54) is 6.26 Å². The zero-order valence-corrected chi connectivity index (χ0v) is 11.9. The minimum atomic E-state index is -2.83. The van der Waals surface area contributed by atoms with Crippen molar-refractivity contribution in [2.45, 2.75) is 46.2 Å². The van der Waals surface area contributed by atoms with Crippen molar-refractivity contribution in [1.29, 1.82) is 0 Å². The Hall–Kier alpha value is -0.0900. The van der Waals surface area contributed by atoms with Crippen molar-refractivity contribution in [3.05, 3.63) is 0 Å². The second-order valence-electron chi connectivity index (χ2n) is 5.80. The third-order valence-electron chi connectivity index (χ3n) is 3.44. The van der Waals surface area contributed by atoms with Gasteiger partial charge in [-0.2, -0.15) is 0 Å². The van der Waals surface area contributed by atoms with Crippen LogP contribution in [0.4, 0.5) is 0 Å². The molecule has 0 aromatic rings. The SMILES string of the molecule is CC(C)C1CC(CS(C)(=O)=O)CN1C(C)C. The predicted octanol–water partition coefficient (Wildman–Crippen LogP) is 1.79. The van der Waals surface area contributed by atoms with Gasteiger partial charge in [0.25, 0.3) is 0 Å². The lowest BCUT2D eigenvalue weighted by Crippen LogP contribution is -2.38. The lowest BCUT2D eigenvalue weighted by atomic mass is 9.98. The van der Waals surface area contributed by atoms with E-state index < -0.39 is 9.84 Å². The van der Waals surface area contributed by atoms with E-state index in [9.17, 15) is 8.42 Å². The summed E-state index contributed by atoms with van der Waals surface area (Å²) >= 11 is 0. The molecule has 1 aliphatic heterocycles. The predicted molar refractivity (Wildman–Crippen MR) is 68.3 cm³/mol. The van der Waals surface area contributed by atoms with E-state index in [4.69, 9.17) is 0 Å². The molecule has 2 atom stereocenters. The maximum absolute atomic E-state index is 11.3. The molecule has 2 unspecified atom stereocenters. The smallest absolute Gasteiger partial charge is 0.147 e. The molecular formula is C12H25NO2S. The largest absolute Gasteiger partial charge is 0.297 e. The maximum atomic E-state index is 11.3. The minimum Gasteiger partial charge on any atom is -0.297 e. The molecule has 0 bridgehead atoms. The summed E-state index contributed by atoms with van der Waals surface area (Å²) in [7, 11) is -2.83. The first-order valence-electron chi connectivity index (χ1n) is 6.14. The molecule has 0 N–H and O–H groups in total. The molecule has 0 spiro atoms. The minimum absolute atomic E-state index is 0.324. The number of hydrogen-bond donors (Lipinski definition) is 0. The monoisotopic (exact) mass is 247 g/mol. The third-order valence-corrected chi connectivity index (χ3v) is 4.52. The average Bonchev–Trinajstić information content (AvgIpc) is 2.44. The molecule has 0 amide bonds. The van der Waals surface area contributed by atoms with Crippen LogP contribution in [0.2, 0.25) is 0 Å². The van der Waals surface area contributed by atoms with Gasteiger partial charge in [-0.3, -0.25) is 4.90 Å². The van der Waals surface area contributed by atoms with Gasteiger partial charge in [0, 0.05) is 24.9 Å². The first-order chi connectivity index (χ1) is 7.20. The zero-order chi connectivity index (χ0) is 12.5. The molecule has 3 nitrogen and oxygen atoms in total. The van der Waals surface area contributed by atoms with Crippen LogP contribution in [0.25, 0.3) is 0 Å². The summed E-state index contributed by atoms with van der Waals surface area (Å²) < 4.78 is 22.6. The van der Waals surface area contributed by atoms with E-state index in [0.717, 1.165) is 13.0 Å². The van der Waals surface area contributed by atoms with Gasteiger partial charge < -0.3 is 0 Å². The molecule has 1 heterocycles.